The van der Waals surface area contributed by atoms with Crippen LogP contribution in [0.2, 0.25) is 5.02 Å². The first-order chi connectivity index (χ1) is 16.4. The molecule has 2 aromatic heterocycles. The highest BCUT2D eigenvalue weighted by Gasteiger charge is 2.23. The lowest BCUT2D eigenvalue weighted by atomic mass is 9.82. The number of carbonyl (C=O) groups excluding carboxylic acids is 1. The molecular weight excluding hydrogens is 468 g/mol. The van der Waals surface area contributed by atoms with Crippen molar-refractivity contribution in [2.45, 2.75) is 50.7 Å². The van der Waals surface area contributed by atoms with Crippen molar-refractivity contribution >= 4 is 39.9 Å². The third-order valence-electron chi connectivity index (χ3n) is 6.61. The molecule has 34 heavy (non-hydrogen) atoms. The zero-order valence-corrected chi connectivity index (χ0v) is 20.5. The minimum Gasteiger partial charge on any atom is -0.484 e. The predicted molar refractivity (Wildman–Crippen MR) is 137 cm³/mol. The molecule has 0 spiro atoms. The Bertz CT molecular complexity index is 1340. The SMILES string of the molecule is C[C@@H](Oc1cc(-n2cnc3ccc([C@H]4CC[C@H](N)CC4)cc32)sc1C(N)=O)c1ccccc1Cl. The van der Waals surface area contributed by atoms with Gasteiger partial charge in [-0.1, -0.05) is 35.9 Å². The van der Waals surface area contributed by atoms with Gasteiger partial charge in [0.05, 0.1) is 11.0 Å². The van der Waals surface area contributed by atoms with E-state index < -0.39 is 5.91 Å². The Morgan fingerprint density at radius 1 is 1.18 bits per heavy atom. The minimum atomic E-state index is -0.527. The Morgan fingerprint density at radius 3 is 2.68 bits per heavy atom. The number of aromatic nitrogens is 2. The Morgan fingerprint density at radius 2 is 1.94 bits per heavy atom. The molecule has 2 heterocycles. The van der Waals surface area contributed by atoms with Crippen molar-refractivity contribution in [3.8, 4) is 10.8 Å². The number of thiophene rings is 1. The molecule has 4 aromatic rings. The second-order valence-corrected chi connectivity index (χ2v) is 10.3. The molecule has 1 saturated carbocycles. The van der Waals surface area contributed by atoms with Gasteiger partial charge in [0.15, 0.2) is 0 Å². The number of benzene rings is 2. The fraction of sp³-hybridized carbons (Fsp3) is 0.308. The van der Waals surface area contributed by atoms with Crippen molar-refractivity contribution in [3.63, 3.8) is 0 Å². The molecule has 0 aliphatic heterocycles. The molecule has 2 aromatic carbocycles. The summed E-state index contributed by atoms with van der Waals surface area (Å²) in [6.07, 6.45) is 5.74. The van der Waals surface area contributed by atoms with Gasteiger partial charge >= 0.3 is 0 Å². The summed E-state index contributed by atoms with van der Waals surface area (Å²) in [6.45, 7) is 1.90. The first-order valence-electron chi connectivity index (χ1n) is 11.5. The fourth-order valence-electron chi connectivity index (χ4n) is 4.71. The first-order valence-corrected chi connectivity index (χ1v) is 12.7. The Labute approximate surface area is 207 Å². The number of fused-ring (bicyclic) bond motifs is 1. The van der Waals surface area contributed by atoms with E-state index in [1.54, 1.807) is 6.33 Å². The topological polar surface area (TPSA) is 96.2 Å². The quantitative estimate of drug-likeness (QED) is 0.345. The van der Waals surface area contributed by atoms with Gasteiger partial charge in [0.2, 0.25) is 0 Å². The van der Waals surface area contributed by atoms with Gasteiger partial charge in [0, 0.05) is 22.7 Å². The minimum absolute atomic E-state index is 0.315. The standard InChI is InChI=1S/C26H27ClN4O2S/c1-15(19-4-2-3-5-20(19)27)33-23-13-24(34-25(23)26(29)32)31-14-30-21-11-8-17(12-22(21)31)16-6-9-18(28)10-7-16/h2-5,8,11-16,18H,6-7,9-10,28H2,1H3,(H2,29,32)/t15-,16-,18-/m1/s1. The molecule has 0 saturated heterocycles. The van der Waals surface area contributed by atoms with E-state index in [2.05, 4.69) is 23.2 Å². The van der Waals surface area contributed by atoms with Crippen LogP contribution >= 0.6 is 22.9 Å². The molecule has 6 nitrogen and oxygen atoms in total. The van der Waals surface area contributed by atoms with Gasteiger partial charge in [-0.15, -0.1) is 11.3 Å². The molecule has 0 radical (unpaired) electrons. The highest BCUT2D eigenvalue weighted by molar-refractivity contribution is 7.16. The number of primary amides is 1. The Balaban J connectivity index is 1.49. The summed E-state index contributed by atoms with van der Waals surface area (Å²) < 4.78 is 8.17. The van der Waals surface area contributed by atoms with Crippen molar-refractivity contribution in [1.29, 1.82) is 0 Å². The van der Waals surface area contributed by atoms with Crippen LogP contribution in [0, 0.1) is 0 Å². The molecule has 1 aliphatic rings. The van der Waals surface area contributed by atoms with E-state index in [4.69, 9.17) is 27.8 Å². The van der Waals surface area contributed by atoms with E-state index in [0.29, 0.717) is 27.6 Å². The zero-order chi connectivity index (χ0) is 23.8. The molecule has 1 fully saturated rings. The smallest absolute Gasteiger partial charge is 0.262 e. The molecular formula is C26H27ClN4O2S. The summed E-state index contributed by atoms with van der Waals surface area (Å²) in [5.41, 5.74) is 15.8. The van der Waals surface area contributed by atoms with Crippen molar-refractivity contribution in [1.82, 2.24) is 9.55 Å². The molecule has 1 amide bonds. The van der Waals surface area contributed by atoms with Crippen LogP contribution in [0.1, 0.15) is 65.4 Å². The first kappa shape index (κ1) is 22.9. The maximum atomic E-state index is 12.2. The molecule has 4 N–H and O–H groups in total. The number of rotatable bonds is 6. The molecule has 1 atom stereocenters. The second kappa shape index (κ2) is 9.41. The van der Waals surface area contributed by atoms with Crippen molar-refractivity contribution in [3.05, 3.63) is 75.9 Å². The maximum absolute atomic E-state index is 12.2. The Kier molecular flexibility index (Phi) is 6.34. The average Bonchev–Trinajstić information content (AvgIpc) is 3.43. The number of nitrogens with two attached hydrogens (primary N) is 2. The fourth-order valence-corrected chi connectivity index (χ4v) is 5.92. The summed E-state index contributed by atoms with van der Waals surface area (Å²) in [7, 11) is 0. The van der Waals surface area contributed by atoms with Crippen LogP contribution in [0.3, 0.4) is 0 Å². The van der Waals surface area contributed by atoms with Crippen LogP contribution in [0.4, 0.5) is 0 Å². The van der Waals surface area contributed by atoms with Crippen LogP contribution in [-0.4, -0.2) is 21.5 Å². The summed E-state index contributed by atoms with van der Waals surface area (Å²) in [5, 5.41) is 1.43. The van der Waals surface area contributed by atoms with Gasteiger partial charge in [-0.3, -0.25) is 9.36 Å². The average molecular weight is 495 g/mol. The molecule has 5 rings (SSSR count). The molecule has 176 valence electrons. The molecule has 0 unspecified atom stereocenters. The number of carbonyl (C=O) groups is 1. The van der Waals surface area contributed by atoms with Crippen LogP contribution in [-0.2, 0) is 0 Å². The Hall–Kier alpha value is -2.87. The van der Waals surface area contributed by atoms with Gasteiger partial charge in [-0.05, 0) is 62.3 Å². The number of nitrogens with zero attached hydrogens (tertiary/aromatic N) is 2. The van der Waals surface area contributed by atoms with Crippen LogP contribution < -0.4 is 16.2 Å². The number of amides is 1. The van der Waals surface area contributed by atoms with Gasteiger partial charge in [0.25, 0.3) is 5.91 Å². The summed E-state index contributed by atoms with van der Waals surface area (Å²) >= 11 is 7.64. The van der Waals surface area contributed by atoms with Crippen LogP contribution in [0.15, 0.2) is 54.9 Å². The lowest BCUT2D eigenvalue weighted by molar-refractivity contribution is 0.0998. The monoisotopic (exact) mass is 494 g/mol. The van der Waals surface area contributed by atoms with E-state index in [1.165, 1.54) is 16.9 Å². The number of hydrogen-bond donors (Lipinski definition) is 2. The van der Waals surface area contributed by atoms with Crippen molar-refractivity contribution in [2.75, 3.05) is 0 Å². The van der Waals surface area contributed by atoms with Crippen LogP contribution in [0.5, 0.6) is 5.75 Å². The summed E-state index contributed by atoms with van der Waals surface area (Å²) in [6, 6.07) is 16.1. The third kappa shape index (κ3) is 4.43. The van der Waals surface area contributed by atoms with Gasteiger partial charge < -0.3 is 16.2 Å². The lowest BCUT2D eigenvalue weighted by Crippen LogP contribution is -2.25. The molecule has 8 heteroatoms. The molecule has 1 aliphatic carbocycles. The highest BCUT2D eigenvalue weighted by atomic mass is 35.5. The van der Waals surface area contributed by atoms with E-state index in [-0.39, 0.29) is 6.10 Å². The van der Waals surface area contributed by atoms with Crippen molar-refractivity contribution in [2.24, 2.45) is 11.5 Å². The second-order valence-electron chi connectivity index (χ2n) is 8.90. The number of hydrogen-bond acceptors (Lipinski definition) is 5. The van der Waals surface area contributed by atoms with Gasteiger partial charge in [0.1, 0.15) is 28.1 Å². The maximum Gasteiger partial charge on any atom is 0.262 e. The third-order valence-corrected chi connectivity index (χ3v) is 8.08. The largest absolute Gasteiger partial charge is 0.484 e. The summed E-state index contributed by atoms with van der Waals surface area (Å²) in [5.74, 6) is 0.424. The predicted octanol–water partition coefficient (Wildman–Crippen LogP) is 5.96. The van der Waals surface area contributed by atoms with Gasteiger partial charge in [-0.2, -0.15) is 0 Å². The zero-order valence-electron chi connectivity index (χ0n) is 18.9. The lowest BCUT2D eigenvalue weighted by Gasteiger charge is -2.26. The van der Waals surface area contributed by atoms with Crippen molar-refractivity contribution < 1.29 is 9.53 Å². The van der Waals surface area contributed by atoms with E-state index in [1.807, 2.05) is 41.8 Å². The van der Waals surface area contributed by atoms with E-state index >= 15 is 0 Å². The summed E-state index contributed by atoms with van der Waals surface area (Å²) in [4.78, 5) is 17.2. The van der Waals surface area contributed by atoms with Gasteiger partial charge in [-0.25, -0.2) is 4.98 Å². The van der Waals surface area contributed by atoms with Crippen LogP contribution in [0.25, 0.3) is 16.0 Å². The molecule has 0 bridgehead atoms. The number of ether oxygens (including phenoxy) is 1. The van der Waals surface area contributed by atoms with E-state index in [9.17, 15) is 4.79 Å². The van der Waals surface area contributed by atoms with E-state index in [0.717, 1.165) is 47.3 Å². The normalized spacial score (nSPS) is 19.3. The number of halogens is 1. The highest BCUT2D eigenvalue weighted by Crippen LogP contribution is 2.38. The number of imidazole rings is 1.